The molecule has 3 aromatic rings. The molecule has 0 radical (unpaired) electrons. The van der Waals surface area contributed by atoms with E-state index >= 15 is 0 Å². The smallest absolute Gasteiger partial charge is 0.259 e. The lowest BCUT2D eigenvalue weighted by atomic mass is 9.82. The van der Waals surface area contributed by atoms with Gasteiger partial charge in [0.2, 0.25) is 0 Å². The Labute approximate surface area is 168 Å². The molecule has 1 aliphatic heterocycles. The fourth-order valence-corrected chi connectivity index (χ4v) is 4.13. The van der Waals surface area contributed by atoms with Gasteiger partial charge in [0.15, 0.2) is 0 Å². The molecule has 29 heavy (non-hydrogen) atoms. The first-order valence-corrected chi connectivity index (χ1v) is 10.4. The molecule has 1 saturated carbocycles. The molecule has 3 aromatic heterocycles. The predicted molar refractivity (Wildman–Crippen MR) is 114 cm³/mol. The van der Waals surface area contributed by atoms with Crippen molar-refractivity contribution in [2.24, 2.45) is 0 Å². The highest BCUT2D eigenvalue weighted by Crippen LogP contribution is 2.37. The summed E-state index contributed by atoms with van der Waals surface area (Å²) in [4.78, 5) is 26.7. The Bertz CT molecular complexity index is 1070. The Kier molecular flexibility index (Phi) is 4.67. The third kappa shape index (κ3) is 3.58. The topological polar surface area (TPSA) is 94.1 Å². The summed E-state index contributed by atoms with van der Waals surface area (Å²) < 4.78 is 0. The van der Waals surface area contributed by atoms with Crippen molar-refractivity contribution in [2.75, 3.05) is 23.3 Å². The number of H-pyrrole nitrogens is 1. The fourth-order valence-electron chi connectivity index (χ4n) is 4.13. The van der Waals surface area contributed by atoms with Crippen molar-refractivity contribution in [2.45, 2.75) is 44.1 Å². The van der Waals surface area contributed by atoms with Crippen molar-refractivity contribution >= 4 is 28.1 Å². The van der Waals surface area contributed by atoms with E-state index in [0.29, 0.717) is 22.6 Å². The van der Waals surface area contributed by atoms with Crippen LogP contribution in [0.5, 0.6) is 0 Å². The summed E-state index contributed by atoms with van der Waals surface area (Å²) in [5.74, 6) is 1.17. The Morgan fingerprint density at radius 1 is 1.14 bits per heavy atom. The van der Waals surface area contributed by atoms with E-state index in [0.717, 1.165) is 55.8 Å². The van der Waals surface area contributed by atoms with Gasteiger partial charge in [0.25, 0.3) is 5.56 Å². The minimum absolute atomic E-state index is 0.152. The SMILES string of the molecule is O=c1[nH]ccc2nc(C3CCC3)cc(Nc3ccc(N4CCC(O)CC4)cn3)c12. The molecule has 0 spiro atoms. The van der Waals surface area contributed by atoms with Crippen LogP contribution >= 0.6 is 0 Å². The molecule has 2 aliphatic rings. The van der Waals surface area contributed by atoms with Crippen LogP contribution in [-0.4, -0.2) is 39.3 Å². The average Bonchev–Trinajstić information content (AvgIpc) is 2.68. The highest BCUT2D eigenvalue weighted by atomic mass is 16.3. The van der Waals surface area contributed by atoms with Gasteiger partial charge in [-0.3, -0.25) is 9.78 Å². The molecule has 1 aliphatic carbocycles. The maximum absolute atomic E-state index is 12.5. The van der Waals surface area contributed by atoms with Gasteiger partial charge < -0.3 is 20.3 Å². The van der Waals surface area contributed by atoms with Crippen LogP contribution in [0.25, 0.3) is 10.9 Å². The number of fused-ring (bicyclic) bond motifs is 1. The van der Waals surface area contributed by atoms with Crippen LogP contribution < -0.4 is 15.8 Å². The van der Waals surface area contributed by atoms with E-state index < -0.39 is 0 Å². The molecule has 150 valence electrons. The van der Waals surface area contributed by atoms with Gasteiger partial charge in [-0.05, 0) is 49.9 Å². The lowest BCUT2D eigenvalue weighted by Gasteiger charge is -2.31. The minimum Gasteiger partial charge on any atom is -0.393 e. The van der Waals surface area contributed by atoms with Crippen LogP contribution in [-0.2, 0) is 0 Å². The molecule has 7 heteroatoms. The lowest BCUT2D eigenvalue weighted by molar-refractivity contribution is 0.145. The molecule has 2 fully saturated rings. The van der Waals surface area contributed by atoms with E-state index in [-0.39, 0.29) is 11.7 Å². The fraction of sp³-hybridized carbons (Fsp3) is 0.409. The number of nitrogens with one attached hydrogen (secondary N) is 2. The monoisotopic (exact) mass is 391 g/mol. The van der Waals surface area contributed by atoms with E-state index in [1.165, 1.54) is 6.42 Å². The lowest BCUT2D eigenvalue weighted by Crippen LogP contribution is -2.35. The molecular formula is C22H25N5O2. The van der Waals surface area contributed by atoms with Crippen LogP contribution in [0.15, 0.2) is 41.5 Å². The molecule has 7 nitrogen and oxygen atoms in total. The molecule has 1 saturated heterocycles. The van der Waals surface area contributed by atoms with E-state index in [1.54, 1.807) is 6.20 Å². The molecule has 0 atom stereocenters. The molecular weight excluding hydrogens is 366 g/mol. The maximum Gasteiger partial charge on any atom is 0.259 e. The second kappa shape index (κ2) is 7.48. The summed E-state index contributed by atoms with van der Waals surface area (Å²) in [6, 6.07) is 7.83. The zero-order valence-corrected chi connectivity index (χ0v) is 16.3. The van der Waals surface area contributed by atoms with E-state index in [2.05, 4.69) is 20.2 Å². The number of hydrogen-bond donors (Lipinski definition) is 3. The second-order valence-electron chi connectivity index (χ2n) is 8.03. The summed E-state index contributed by atoms with van der Waals surface area (Å²) in [6.07, 6.45) is 8.42. The second-order valence-corrected chi connectivity index (χ2v) is 8.03. The zero-order chi connectivity index (χ0) is 19.8. The van der Waals surface area contributed by atoms with E-state index in [4.69, 9.17) is 4.98 Å². The van der Waals surface area contributed by atoms with Gasteiger partial charge in [0.1, 0.15) is 5.82 Å². The van der Waals surface area contributed by atoms with Crippen molar-refractivity contribution in [3.05, 3.63) is 52.7 Å². The van der Waals surface area contributed by atoms with Gasteiger partial charge in [-0.15, -0.1) is 0 Å². The highest BCUT2D eigenvalue weighted by molar-refractivity contribution is 5.92. The third-order valence-electron chi connectivity index (χ3n) is 6.11. The first-order valence-electron chi connectivity index (χ1n) is 10.4. The number of pyridine rings is 3. The average molecular weight is 391 g/mol. The van der Waals surface area contributed by atoms with E-state index in [1.807, 2.05) is 30.5 Å². The number of hydrogen-bond acceptors (Lipinski definition) is 6. The van der Waals surface area contributed by atoms with Crippen LogP contribution in [0.3, 0.4) is 0 Å². The van der Waals surface area contributed by atoms with Crippen molar-refractivity contribution < 1.29 is 5.11 Å². The maximum atomic E-state index is 12.5. The zero-order valence-electron chi connectivity index (χ0n) is 16.3. The van der Waals surface area contributed by atoms with Gasteiger partial charge >= 0.3 is 0 Å². The predicted octanol–water partition coefficient (Wildman–Crippen LogP) is 3.29. The summed E-state index contributed by atoms with van der Waals surface area (Å²) in [5.41, 5.74) is 3.40. The van der Waals surface area contributed by atoms with Crippen LogP contribution in [0, 0.1) is 0 Å². The summed E-state index contributed by atoms with van der Waals surface area (Å²) in [7, 11) is 0. The standard InChI is InChI=1S/C22H25N5O2/c28-16-7-10-27(11-8-16)15-4-5-20(24-13-15)26-19-12-18(14-2-1-3-14)25-17-6-9-23-22(29)21(17)19/h4-6,9,12-14,16,28H,1-3,7-8,10-11H2,(H,23,29)(H,24,25,26). The molecule has 0 amide bonds. The summed E-state index contributed by atoms with van der Waals surface area (Å²) in [6.45, 7) is 1.68. The van der Waals surface area contributed by atoms with Crippen LogP contribution in [0.4, 0.5) is 17.2 Å². The quantitative estimate of drug-likeness (QED) is 0.632. The Hall–Kier alpha value is -2.93. The highest BCUT2D eigenvalue weighted by Gasteiger charge is 2.23. The Balaban J connectivity index is 1.44. The molecule has 0 bridgehead atoms. The first-order chi connectivity index (χ1) is 14.2. The van der Waals surface area contributed by atoms with Gasteiger partial charge in [0.05, 0.1) is 34.6 Å². The first kappa shape index (κ1) is 18.1. The number of rotatable bonds is 4. The number of aromatic nitrogens is 3. The number of nitrogens with zero attached hydrogens (tertiary/aromatic N) is 3. The Morgan fingerprint density at radius 3 is 2.66 bits per heavy atom. The van der Waals surface area contributed by atoms with Crippen molar-refractivity contribution in [3.8, 4) is 0 Å². The molecule has 0 unspecified atom stereocenters. The summed E-state index contributed by atoms with van der Waals surface area (Å²) >= 11 is 0. The number of aliphatic hydroxyl groups is 1. The molecule has 0 aromatic carbocycles. The number of anilines is 3. The van der Waals surface area contributed by atoms with Gasteiger partial charge in [-0.25, -0.2) is 4.98 Å². The van der Waals surface area contributed by atoms with Gasteiger partial charge in [-0.2, -0.15) is 0 Å². The summed E-state index contributed by atoms with van der Waals surface area (Å²) in [5, 5.41) is 13.6. The molecule has 3 N–H and O–H groups in total. The van der Waals surface area contributed by atoms with Crippen LogP contribution in [0.1, 0.15) is 43.7 Å². The minimum atomic E-state index is -0.192. The van der Waals surface area contributed by atoms with Crippen molar-refractivity contribution in [3.63, 3.8) is 0 Å². The largest absolute Gasteiger partial charge is 0.393 e. The van der Waals surface area contributed by atoms with Crippen molar-refractivity contribution in [1.82, 2.24) is 15.0 Å². The third-order valence-corrected chi connectivity index (χ3v) is 6.11. The van der Waals surface area contributed by atoms with Crippen molar-refractivity contribution in [1.29, 1.82) is 0 Å². The van der Waals surface area contributed by atoms with Gasteiger partial charge in [-0.1, -0.05) is 6.42 Å². The normalized spacial score (nSPS) is 18.0. The Morgan fingerprint density at radius 2 is 1.97 bits per heavy atom. The number of piperidine rings is 1. The number of aliphatic hydroxyl groups excluding tert-OH is 1. The molecule has 4 heterocycles. The van der Waals surface area contributed by atoms with E-state index in [9.17, 15) is 9.90 Å². The van der Waals surface area contributed by atoms with Gasteiger partial charge in [0, 0.05) is 30.9 Å². The molecule has 5 rings (SSSR count). The number of aromatic amines is 1. The van der Waals surface area contributed by atoms with Crippen LogP contribution in [0.2, 0.25) is 0 Å².